The number of benzene rings is 2. The van der Waals surface area contributed by atoms with Gasteiger partial charge in [-0.3, -0.25) is 0 Å². The summed E-state index contributed by atoms with van der Waals surface area (Å²) in [5, 5.41) is 3.18. The van der Waals surface area contributed by atoms with E-state index in [0.29, 0.717) is 5.75 Å². The normalized spacial score (nSPS) is 17.1. The van der Waals surface area contributed by atoms with E-state index in [9.17, 15) is 4.79 Å². The van der Waals surface area contributed by atoms with Gasteiger partial charge in [-0.15, -0.1) is 0 Å². The zero-order valence-corrected chi connectivity index (χ0v) is 10.4. The highest BCUT2D eigenvalue weighted by atomic mass is 16.5. The van der Waals surface area contributed by atoms with E-state index < -0.39 is 6.04 Å². The third-order valence-corrected chi connectivity index (χ3v) is 3.07. The standard InChI is InChI=1S/C15H13NO3/c1-18-11-7-8-13-12(9-11)16-14(15(17)19-13)10-5-3-2-4-6-10/h2-9,14,16H,1H3/t14-/m0/s1. The second kappa shape index (κ2) is 4.65. The molecule has 0 aromatic heterocycles. The molecule has 1 aliphatic heterocycles. The maximum atomic E-state index is 12.0. The maximum Gasteiger partial charge on any atom is 0.338 e. The molecule has 0 saturated carbocycles. The second-order valence-electron chi connectivity index (χ2n) is 4.27. The van der Waals surface area contributed by atoms with Crippen LogP contribution in [0.25, 0.3) is 0 Å². The van der Waals surface area contributed by atoms with Gasteiger partial charge in [-0.05, 0) is 17.7 Å². The van der Waals surface area contributed by atoms with Crippen molar-refractivity contribution in [2.24, 2.45) is 0 Å². The van der Waals surface area contributed by atoms with E-state index >= 15 is 0 Å². The van der Waals surface area contributed by atoms with Gasteiger partial charge in [0.1, 0.15) is 5.75 Å². The van der Waals surface area contributed by atoms with Crippen molar-refractivity contribution in [3.8, 4) is 11.5 Å². The molecule has 0 bridgehead atoms. The van der Waals surface area contributed by atoms with Crippen molar-refractivity contribution in [1.29, 1.82) is 0 Å². The molecule has 4 heteroatoms. The van der Waals surface area contributed by atoms with E-state index in [2.05, 4.69) is 5.32 Å². The summed E-state index contributed by atoms with van der Waals surface area (Å²) < 4.78 is 10.5. The quantitative estimate of drug-likeness (QED) is 0.662. The Balaban J connectivity index is 1.96. The maximum absolute atomic E-state index is 12.0. The number of rotatable bonds is 2. The van der Waals surface area contributed by atoms with Gasteiger partial charge in [0.2, 0.25) is 0 Å². The monoisotopic (exact) mass is 255 g/mol. The van der Waals surface area contributed by atoms with Crippen LogP contribution in [0.4, 0.5) is 5.69 Å². The van der Waals surface area contributed by atoms with Crippen LogP contribution in [0.15, 0.2) is 48.5 Å². The average molecular weight is 255 g/mol. The Bertz CT molecular complexity index is 610. The predicted molar refractivity (Wildman–Crippen MR) is 71.4 cm³/mol. The highest BCUT2D eigenvalue weighted by Gasteiger charge is 2.29. The molecule has 0 aliphatic carbocycles. The Hall–Kier alpha value is -2.49. The minimum absolute atomic E-state index is 0.302. The summed E-state index contributed by atoms with van der Waals surface area (Å²) in [4.78, 5) is 12.0. The van der Waals surface area contributed by atoms with Crippen molar-refractivity contribution < 1.29 is 14.3 Å². The van der Waals surface area contributed by atoms with E-state index in [1.165, 1.54) is 0 Å². The van der Waals surface area contributed by atoms with E-state index in [-0.39, 0.29) is 5.97 Å². The van der Waals surface area contributed by atoms with Crippen molar-refractivity contribution in [2.75, 3.05) is 12.4 Å². The Morgan fingerprint density at radius 3 is 2.68 bits per heavy atom. The lowest BCUT2D eigenvalue weighted by atomic mass is 10.1. The molecular formula is C15H13NO3. The molecular weight excluding hydrogens is 242 g/mol. The van der Waals surface area contributed by atoms with Gasteiger partial charge in [0, 0.05) is 6.07 Å². The molecule has 0 fully saturated rings. The van der Waals surface area contributed by atoms with E-state index in [1.54, 1.807) is 19.2 Å². The number of anilines is 1. The summed E-state index contributed by atoms with van der Waals surface area (Å²) in [5.41, 5.74) is 1.63. The highest BCUT2D eigenvalue weighted by molar-refractivity contribution is 5.88. The lowest BCUT2D eigenvalue weighted by Gasteiger charge is -2.26. The molecule has 0 saturated heterocycles. The molecule has 2 aromatic rings. The fourth-order valence-electron chi connectivity index (χ4n) is 2.08. The zero-order chi connectivity index (χ0) is 13.2. The van der Waals surface area contributed by atoms with Gasteiger partial charge in [-0.1, -0.05) is 30.3 Å². The average Bonchev–Trinajstić information content (AvgIpc) is 2.47. The number of carbonyl (C=O) groups excluding carboxylic acids is 1. The number of methoxy groups -OCH3 is 1. The van der Waals surface area contributed by atoms with Gasteiger partial charge in [-0.25, -0.2) is 4.79 Å². The zero-order valence-electron chi connectivity index (χ0n) is 10.4. The van der Waals surface area contributed by atoms with E-state index in [4.69, 9.17) is 9.47 Å². The Kier molecular flexibility index (Phi) is 2.83. The first-order chi connectivity index (χ1) is 9.28. The number of ether oxygens (including phenoxy) is 2. The van der Waals surface area contributed by atoms with Gasteiger partial charge in [0.15, 0.2) is 11.8 Å². The third-order valence-electron chi connectivity index (χ3n) is 3.07. The molecule has 4 nitrogen and oxygen atoms in total. The SMILES string of the molecule is COc1ccc2c(c1)N[C@@H](c1ccccc1)C(=O)O2. The topological polar surface area (TPSA) is 47.6 Å². The lowest BCUT2D eigenvalue weighted by Crippen LogP contribution is -2.29. The fourth-order valence-corrected chi connectivity index (χ4v) is 2.08. The molecule has 0 unspecified atom stereocenters. The number of fused-ring (bicyclic) bond motifs is 1. The van der Waals surface area contributed by atoms with Crippen molar-refractivity contribution in [1.82, 2.24) is 0 Å². The number of nitrogens with one attached hydrogen (secondary N) is 1. The minimum Gasteiger partial charge on any atom is -0.497 e. The molecule has 3 rings (SSSR count). The molecule has 0 radical (unpaired) electrons. The van der Waals surface area contributed by atoms with Crippen LogP contribution in [0.2, 0.25) is 0 Å². The lowest BCUT2D eigenvalue weighted by molar-refractivity contribution is -0.136. The molecule has 0 amide bonds. The summed E-state index contributed by atoms with van der Waals surface area (Å²) in [5.74, 6) is 0.942. The minimum atomic E-state index is -0.485. The van der Waals surface area contributed by atoms with Crippen LogP contribution in [0, 0.1) is 0 Å². The molecule has 1 heterocycles. The molecule has 2 aromatic carbocycles. The van der Waals surface area contributed by atoms with Gasteiger partial charge < -0.3 is 14.8 Å². The molecule has 1 atom stereocenters. The van der Waals surface area contributed by atoms with Crippen LogP contribution >= 0.6 is 0 Å². The van der Waals surface area contributed by atoms with Crippen molar-refractivity contribution in [3.05, 3.63) is 54.1 Å². The largest absolute Gasteiger partial charge is 0.497 e. The van der Waals surface area contributed by atoms with Crippen molar-refractivity contribution in [2.45, 2.75) is 6.04 Å². The summed E-state index contributed by atoms with van der Waals surface area (Å²) in [6.45, 7) is 0. The van der Waals surface area contributed by atoms with Crippen molar-refractivity contribution >= 4 is 11.7 Å². The molecule has 19 heavy (non-hydrogen) atoms. The van der Waals surface area contributed by atoms with Crippen molar-refractivity contribution in [3.63, 3.8) is 0 Å². The Morgan fingerprint density at radius 2 is 1.95 bits per heavy atom. The molecule has 96 valence electrons. The third kappa shape index (κ3) is 2.12. The summed E-state index contributed by atoms with van der Waals surface area (Å²) >= 11 is 0. The first-order valence-electron chi connectivity index (χ1n) is 5.99. The molecule has 0 spiro atoms. The summed E-state index contributed by atoms with van der Waals surface area (Å²) in [6, 6.07) is 14.3. The summed E-state index contributed by atoms with van der Waals surface area (Å²) in [6.07, 6.45) is 0. The van der Waals surface area contributed by atoms with Gasteiger partial charge in [0.05, 0.1) is 12.8 Å². The van der Waals surface area contributed by atoms with Crippen LogP contribution in [0.5, 0.6) is 11.5 Å². The smallest absolute Gasteiger partial charge is 0.338 e. The Morgan fingerprint density at radius 1 is 1.16 bits per heavy atom. The van der Waals surface area contributed by atoms with Gasteiger partial charge in [-0.2, -0.15) is 0 Å². The second-order valence-corrected chi connectivity index (χ2v) is 4.27. The fraction of sp³-hybridized carbons (Fsp3) is 0.133. The predicted octanol–water partition coefficient (Wildman–Crippen LogP) is 2.77. The van der Waals surface area contributed by atoms with Crippen LogP contribution in [-0.2, 0) is 4.79 Å². The van der Waals surface area contributed by atoms with Crippen LogP contribution in [-0.4, -0.2) is 13.1 Å². The number of esters is 1. The van der Waals surface area contributed by atoms with Crippen LogP contribution in [0.1, 0.15) is 11.6 Å². The first-order valence-corrected chi connectivity index (χ1v) is 5.99. The van der Waals surface area contributed by atoms with Gasteiger partial charge >= 0.3 is 5.97 Å². The molecule has 1 N–H and O–H groups in total. The Labute approximate surface area is 111 Å². The highest BCUT2D eigenvalue weighted by Crippen LogP contribution is 2.36. The number of hydrogen-bond acceptors (Lipinski definition) is 4. The van der Waals surface area contributed by atoms with Crippen LogP contribution in [0.3, 0.4) is 0 Å². The summed E-state index contributed by atoms with van der Waals surface area (Å²) in [7, 11) is 1.60. The van der Waals surface area contributed by atoms with E-state index in [0.717, 1.165) is 17.0 Å². The van der Waals surface area contributed by atoms with E-state index in [1.807, 2.05) is 36.4 Å². The van der Waals surface area contributed by atoms with Crippen LogP contribution < -0.4 is 14.8 Å². The first kappa shape index (κ1) is 11.6. The molecule has 1 aliphatic rings. The number of hydrogen-bond donors (Lipinski definition) is 1. The number of carbonyl (C=O) groups is 1. The van der Waals surface area contributed by atoms with Gasteiger partial charge in [0.25, 0.3) is 0 Å².